The van der Waals surface area contributed by atoms with E-state index < -0.39 is 0 Å². The van der Waals surface area contributed by atoms with Gasteiger partial charge in [0.05, 0.1) is 0 Å². The Kier molecular flexibility index (Phi) is 3.41. The van der Waals surface area contributed by atoms with Crippen molar-refractivity contribution in [2.24, 2.45) is 0 Å². The smallest absolute Gasteiger partial charge is 0.186 e. The molecule has 1 saturated heterocycles. The number of hydrogen-bond donors (Lipinski definition) is 1. The molecule has 0 saturated carbocycles. The number of aromatic nitrogens is 1. The van der Waals surface area contributed by atoms with Crippen LogP contribution in [0.5, 0.6) is 0 Å². The molecule has 0 amide bonds. The predicted octanol–water partition coefficient (Wildman–Crippen LogP) is 2.09. The third kappa shape index (κ3) is 2.27. The largest absolute Gasteiger partial charge is 0.347 e. The molecule has 1 atom stereocenters. The van der Waals surface area contributed by atoms with Crippen molar-refractivity contribution in [2.45, 2.75) is 18.9 Å². The Hall–Kier alpha value is -0.130. The van der Waals surface area contributed by atoms with E-state index in [2.05, 4.69) is 38.2 Å². The van der Waals surface area contributed by atoms with Crippen LogP contribution in [0.2, 0.25) is 0 Å². The summed E-state index contributed by atoms with van der Waals surface area (Å²) in [6.45, 7) is 2.24. The van der Waals surface area contributed by atoms with Crippen LogP contribution in [0.1, 0.15) is 12.8 Å². The van der Waals surface area contributed by atoms with Crippen LogP contribution in [0.15, 0.2) is 9.98 Å². The maximum atomic E-state index is 4.42. The minimum atomic E-state index is 0.599. The average Bonchev–Trinajstić information content (AvgIpc) is 2.65. The molecule has 2 heterocycles. The molecule has 1 unspecified atom stereocenters. The van der Waals surface area contributed by atoms with Gasteiger partial charge in [0, 0.05) is 25.0 Å². The summed E-state index contributed by atoms with van der Waals surface area (Å²) in [6, 6.07) is 0.599. The lowest BCUT2D eigenvalue weighted by atomic mass is 10.1. The molecule has 5 heteroatoms. The molecule has 1 aliphatic heterocycles. The second-order valence-corrected chi connectivity index (χ2v) is 5.21. The highest BCUT2D eigenvalue weighted by Gasteiger charge is 2.19. The molecule has 1 N–H and O–H groups in total. The van der Waals surface area contributed by atoms with E-state index in [4.69, 9.17) is 0 Å². The number of piperidine rings is 1. The number of likely N-dealkylation sites (N-methyl/N-ethyl adjacent to an activating group) is 1. The van der Waals surface area contributed by atoms with E-state index in [-0.39, 0.29) is 0 Å². The molecule has 0 radical (unpaired) electrons. The van der Waals surface area contributed by atoms with Gasteiger partial charge in [-0.15, -0.1) is 11.3 Å². The monoisotopic (exact) mass is 275 g/mol. The molecular formula is C9H14BrN3S. The lowest BCUT2D eigenvalue weighted by Gasteiger charge is -2.31. The van der Waals surface area contributed by atoms with Crippen molar-refractivity contribution in [1.82, 2.24) is 10.3 Å². The van der Waals surface area contributed by atoms with Crippen LogP contribution in [-0.4, -0.2) is 31.2 Å². The normalized spacial score (nSPS) is 22.3. The minimum Gasteiger partial charge on any atom is -0.347 e. The van der Waals surface area contributed by atoms with Crippen LogP contribution in [0, 0.1) is 0 Å². The second kappa shape index (κ2) is 4.59. The number of hydrogen-bond acceptors (Lipinski definition) is 4. The minimum absolute atomic E-state index is 0.599. The van der Waals surface area contributed by atoms with Gasteiger partial charge in [-0.25, -0.2) is 4.98 Å². The Morgan fingerprint density at radius 3 is 3.14 bits per heavy atom. The average molecular weight is 276 g/mol. The topological polar surface area (TPSA) is 28.2 Å². The highest BCUT2D eigenvalue weighted by Crippen LogP contribution is 2.25. The number of rotatable bonds is 2. The van der Waals surface area contributed by atoms with E-state index in [9.17, 15) is 0 Å². The summed E-state index contributed by atoms with van der Waals surface area (Å²) in [5.74, 6) is 0. The van der Waals surface area contributed by atoms with Gasteiger partial charge < -0.3 is 10.2 Å². The van der Waals surface area contributed by atoms with Crippen LogP contribution >= 0.6 is 27.3 Å². The molecule has 0 bridgehead atoms. The zero-order valence-electron chi connectivity index (χ0n) is 8.16. The molecular weight excluding hydrogens is 262 g/mol. The number of nitrogens with one attached hydrogen (secondary N) is 1. The molecule has 0 aromatic carbocycles. The van der Waals surface area contributed by atoms with Gasteiger partial charge in [0.1, 0.15) is 4.60 Å². The third-order valence-corrected chi connectivity index (χ3v) is 4.22. The van der Waals surface area contributed by atoms with E-state index in [0.717, 1.165) is 22.8 Å². The molecule has 78 valence electrons. The maximum absolute atomic E-state index is 4.42. The zero-order valence-corrected chi connectivity index (χ0v) is 10.6. The van der Waals surface area contributed by atoms with Crippen molar-refractivity contribution in [3.8, 4) is 0 Å². The Labute approximate surface area is 96.7 Å². The van der Waals surface area contributed by atoms with Crippen LogP contribution in [0.4, 0.5) is 5.13 Å². The summed E-state index contributed by atoms with van der Waals surface area (Å²) < 4.78 is 0.938. The Morgan fingerprint density at radius 2 is 2.57 bits per heavy atom. The fraction of sp³-hybridized carbons (Fsp3) is 0.667. The van der Waals surface area contributed by atoms with Gasteiger partial charge in [-0.2, -0.15) is 0 Å². The summed E-state index contributed by atoms with van der Waals surface area (Å²) in [5, 5.41) is 6.55. The Bertz CT molecular complexity index is 296. The van der Waals surface area contributed by atoms with Gasteiger partial charge in [-0.3, -0.25) is 0 Å². The van der Waals surface area contributed by atoms with Crippen molar-refractivity contribution in [2.75, 3.05) is 25.0 Å². The summed E-state index contributed by atoms with van der Waals surface area (Å²) in [5.41, 5.74) is 0. The van der Waals surface area contributed by atoms with Crippen LogP contribution in [0.3, 0.4) is 0 Å². The van der Waals surface area contributed by atoms with E-state index in [0.29, 0.717) is 6.04 Å². The van der Waals surface area contributed by atoms with Crippen LogP contribution in [-0.2, 0) is 0 Å². The molecule has 1 fully saturated rings. The third-order valence-electron chi connectivity index (χ3n) is 2.58. The molecule has 0 spiro atoms. The highest BCUT2D eigenvalue weighted by atomic mass is 79.9. The molecule has 2 rings (SSSR count). The quantitative estimate of drug-likeness (QED) is 0.896. The van der Waals surface area contributed by atoms with Crippen LogP contribution in [0.25, 0.3) is 0 Å². The number of nitrogens with zero attached hydrogens (tertiary/aromatic N) is 2. The van der Waals surface area contributed by atoms with Crippen molar-refractivity contribution < 1.29 is 0 Å². The van der Waals surface area contributed by atoms with Gasteiger partial charge >= 0.3 is 0 Å². The number of anilines is 1. The van der Waals surface area contributed by atoms with Gasteiger partial charge in [0.2, 0.25) is 0 Å². The van der Waals surface area contributed by atoms with E-state index in [1.165, 1.54) is 12.8 Å². The lowest BCUT2D eigenvalue weighted by Crippen LogP contribution is -2.44. The van der Waals surface area contributed by atoms with Gasteiger partial charge in [0.25, 0.3) is 0 Å². The van der Waals surface area contributed by atoms with Crippen LogP contribution < -0.4 is 10.2 Å². The summed E-state index contributed by atoms with van der Waals surface area (Å²) in [4.78, 5) is 6.70. The zero-order chi connectivity index (χ0) is 9.97. The molecule has 1 aromatic rings. The van der Waals surface area contributed by atoms with Crippen molar-refractivity contribution in [1.29, 1.82) is 0 Å². The van der Waals surface area contributed by atoms with E-state index in [1.807, 2.05) is 5.38 Å². The van der Waals surface area contributed by atoms with Gasteiger partial charge in [0.15, 0.2) is 5.13 Å². The fourth-order valence-corrected chi connectivity index (χ4v) is 3.02. The first-order valence-electron chi connectivity index (χ1n) is 4.82. The van der Waals surface area contributed by atoms with Crippen molar-refractivity contribution in [3.05, 3.63) is 9.98 Å². The maximum Gasteiger partial charge on any atom is 0.186 e. The highest BCUT2D eigenvalue weighted by molar-refractivity contribution is 9.10. The van der Waals surface area contributed by atoms with E-state index >= 15 is 0 Å². The first-order chi connectivity index (χ1) is 6.77. The Morgan fingerprint density at radius 1 is 1.71 bits per heavy atom. The molecule has 1 aromatic heterocycles. The second-order valence-electron chi connectivity index (χ2n) is 3.56. The van der Waals surface area contributed by atoms with Crippen molar-refractivity contribution in [3.63, 3.8) is 0 Å². The van der Waals surface area contributed by atoms with Crippen molar-refractivity contribution >= 4 is 32.4 Å². The van der Waals surface area contributed by atoms with E-state index in [1.54, 1.807) is 11.3 Å². The molecule has 14 heavy (non-hydrogen) atoms. The van der Waals surface area contributed by atoms with Gasteiger partial charge in [-0.05, 0) is 35.3 Å². The standard InChI is InChI=1S/C9H14BrN3S/c1-13(7-3-2-4-11-5-7)9-12-8(10)6-14-9/h6-7,11H,2-5H2,1H3. The van der Waals surface area contributed by atoms with Gasteiger partial charge in [-0.1, -0.05) is 0 Å². The molecule has 1 aliphatic rings. The number of halogens is 1. The summed E-state index contributed by atoms with van der Waals surface area (Å²) in [6.07, 6.45) is 2.53. The lowest BCUT2D eigenvalue weighted by molar-refractivity contribution is 0.444. The summed E-state index contributed by atoms with van der Waals surface area (Å²) in [7, 11) is 2.13. The predicted molar refractivity (Wildman–Crippen MR) is 64.1 cm³/mol. The Balaban J connectivity index is 2.03. The molecule has 3 nitrogen and oxygen atoms in total. The first kappa shape index (κ1) is 10.4. The fourth-order valence-electron chi connectivity index (χ4n) is 1.73. The SMILES string of the molecule is CN(c1nc(Br)cs1)C1CCCNC1. The first-order valence-corrected chi connectivity index (χ1v) is 6.49. The molecule has 0 aliphatic carbocycles. The number of thiazole rings is 1. The summed E-state index contributed by atoms with van der Waals surface area (Å²) >= 11 is 5.07.